The lowest BCUT2D eigenvalue weighted by atomic mass is 10.0. The monoisotopic (exact) mass is 217 g/mol. The van der Waals surface area contributed by atoms with E-state index < -0.39 is 27.5 Å². The fourth-order valence-corrected chi connectivity index (χ4v) is 3.21. The molecule has 1 saturated heterocycles. The van der Waals surface area contributed by atoms with Crippen molar-refractivity contribution in [1.82, 2.24) is 5.32 Å². The van der Waals surface area contributed by atoms with Crippen LogP contribution in [0.5, 0.6) is 0 Å². The van der Waals surface area contributed by atoms with Crippen molar-refractivity contribution in [3.8, 4) is 12.3 Å². The van der Waals surface area contributed by atoms with E-state index in [1.54, 1.807) is 13.8 Å². The molecule has 1 aliphatic heterocycles. The first-order valence-corrected chi connectivity index (χ1v) is 6.22. The predicted octanol–water partition coefficient (Wildman–Crippen LogP) is -0.854. The van der Waals surface area contributed by atoms with Crippen molar-refractivity contribution in [3.63, 3.8) is 0 Å². The second-order valence-corrected chi connectivity index (χ2v) is 6.32. The summed E-state index contributed by atoms with van der Waals surface area (Å²) in [4.78, 5) is 0. The number of aliphatic hydroxyl groups excluding tert-OH is 1. The van der Waals surface area contributed by atoms with Gasteiger partial charge in [-0.25, -0.2) is 8.42 Å². The fourth-order valence-electron chi connectivity index (χ4n) is 1.47. The van der Waals surface area contributed by atoms with Crippen LogP contribution in [0.4, 0.5) is 0 Å². The minimum atomic E-state index is -3.11. The quantitative estimate of drug-likeness (QED) is 0.591. The summed E-state index contributed by atoms with van der Waals surface area (Å²) in [7, 11) is -3.11. The van der Waals surface area contributed by atoms with Gasteiger partial charge in [-0.1, -0.05) is 5.92 Å². The first kappa shape index (κ1) is 11.5. The maximum atomic E-state index is 11.2. The molecule has 0 bridgehead atoms. The molecule has 0 radical (unpaired) electrons. The molecule has 0 aromatic heterocycles. The average molecular weight is 217 g/mol. The number of aliphatic hydroxyl groups is 1. The molecule has 14 heavy (non-hydrogen) atoms. The highest BCUT2D eigenvalue weighted by Gasteiger charge is 2.38. The number of nitrogens with one attached hydrogen (secondary N) is 1. The van der Waals surface area contributed by atoms with E-state index in [0.29, 0.717) is 0 Å². The molecular weight excluding hydrogens is 202 g/mol. The molecule has 2 N–H and O–H groups in total. The summed E-state index contributed by atoms with van der Waals surface area (Å²) < 4.78 is 22.3. The molecule has 0 spiro atoms. The molecule has 0 saturated carbocycles. The minimum absolute atomic E-state index is 0.0424. The zero-order valence-electron chi connectivity index (χ0n) is 8.32. The molecular formula is C9H15NO3S. The van der Waals surface area contributed by atoms with Crippen LogP contribution in [0, 0.1) is 12.3 Å². The summed E-state index contributed by atoms with van der Waals surface area (Å²) >= 11 is 0. The first-order valence-electron chi connectivity index (χ1n) is 4.40. The standard InChI is InChI=1S/C9H15NO3S/c1-4-9(2,3)10-7-5-14(12,13)6-8(7)11/h1,7-8,10-11H,5-6H2,2-3H3. The number of rotatable bonds is 2. The third-order valence-corrected chi connectivity index (χ3v) is 3.95. The van der Waals surface area contributed by atoms with Gasteiger partial charge in [-0.2, -0.15) is 0 Å². The Morgan fingerprint density at radius 2 is 2.07 bits per heavy atom. The van der Waals surface area contributed by atoms with Crippen molar-refractivity contribution in [1.29, 1.82) is 0 Å². The average Bonchev–Trinajstić information content (AvgIpc) is 2.24. The van der Waals surface area contributed by atoms with E-state index in [1.165, 1.54) is 0 Å². The summed E-state index contributed by atoms with van der Waals surface area (Å²) in [5, 5.41) is 12.4. The highest BCUT2D eigenvalue weighted by atomic mass is 32.2. The summed E-state index contributed by atoms with van der Waals surface area (Å²) in [5.41, 5.74) is -0.592. The smallest absolute Gasteiger partial charge is 0.154 e. The van der Waals surface area contributed by atoms with E-state index in [1.807, 2.05) is 0 Å². The highest BCUT2D eigenvalue weighted by molar-refractivity contribution is 7.91. The van der Waals surface area contributed by atoms with Gasteiger partial charge in [0.05, 0.1) is 23.1 Å². The summed E-state index contributed by atoms with van der Waals surface area (Å²) in [6, 6.07) is -0.453. The van der Waals surface area contributed by atoms with Gasteiger partial charge in [0, 0.05) is 6.04 Å². The molecule has 1 fully saturated rings. The Kier molecular flexibility index (Phi) is 2.91. The van der Waals surface area contributed by atoms with Crippen molar-refractivity contribution < 1.29 is 13.5 Å². The first-order chi connectivity index (χ1) is 6.26. The maximum absolute atomic E-state index is 11.2. The third kappa shape index (κ3) is 2.71. The van der Waals surface area contributed by atoms with Crippen molar-refractivity contribution >= 4 is 9.84 Å². The lowest BCUT2D eigenvalue weighted by Gasteiger charge is -2.25. The summed E-state index contributed by atoms with van der Waals surface area (Å²) in [5.74, 6) is 2.28. The Bertz CT molecular complexity index is 353. The lowest BCUT2D eigenvalue weighted by molar-refractivity contribution is 0.155. The molecule has 1 heterocycles. The van der Waals surface area contributed by atoms with E-state index in [4.69, 9.17) is 6.42 Å². The predicted molar refractivity (Wildman–Crippen MR) is 54.5 cm³/mol. The Morgan fingerprint density at radius 1 is 1.50 bits per heavy atom. The van der Waals surface area contributed by atoms with Crippen LogP contribution in [0.1, 0.15) is 13.8 Å². The van der Waals surface area contributed by atoms with Gasteiger partial charge in [0.15, 0.2) is 9.84 Å². The molecule has 0 aromatic carbocycles. The van der Waals surface area contributed by atoms with E-state index in [9.17, 15) is 13.5 Å². The maximum Gasteiger partial charge on any atom is 0.154 e. The number of hydrogen-bond donors (Lipinski definition) is 2. The van der Waals surface area contributed by atoms with Gasteiger partial charge in [-0.15, -0.1) is 6.42 Å². The Labute approximate surface area is 84.6 Å². The van der Waals surface area contributed by atoms with Crippen LogP contribution >= 0.6 is 0 Å². The molecule has 2 atom stereocenters. The summed E-state index contributed by atoms with van der Waals surface area (Å²) in [6.07, 6.45) is 4.40. The molecule has 0 aromatic rings. The second-order valence-electron chi connectivity index (χ2n) is 4.16. The van der Waals surface area contributed by atoms with E-state index >= 15 is 0 Å². The largest absolute Gasteiger partial charge is 0.390 e. The van der Waals surface area contributed by atoms with Gasteiger partial charge in [0.2, 0.25) is 0 Å². The molecule has 80 valence electrons. The van der Waals surface area contributed by atoms with Crippen LogP contribution in [0.2, 0.25) is 0 Å². The molecule has 5 heteroatoms. The highest BCUT2D eigenvalue weighted by Crippen LogP contribution is 2.15. The second kappa shape index (κ2) is 3.54. The third-order valence-electron chi connectivity index (χ3n) is 2.23. The van der Waals surface area contributed by atoms with Crippen molar-refractivity contribution in [2.75, 3.05) is 11.5 Å². The lowest BCUT2D eigenvalue weighted by Crippen LogP contribution is -2.50. The van der Waals surface area contributed by atoms with Crippen LogP contribution in [-0.4, -0.2) is 42.7 Å². The zero-order chi connectivity index (χ0) is 11.0. The number of hydrogen-bond acceptors (Lipinski definition) is 4. The number of terminal acetylenes is 1. The van der Waals surface area contributed by atoms with E-state index in [0.717, 1.165) is 0 Å². The molecule has 1 rings (SSSR count). The zero-order valence-corrected chi connectivity index (χ0v) is 9.13. The Balaban J connectivity index is 2.70. The summed E-state index contributed by atoms with van der Waals surface area (Å²) in [6.45, 7) is 3.54. The molecule has 0 amide bonds. The van der Waals surface area contributed by atoms with E-state index in [-0.39, 0.29) is 11.5 Å². The van der Waals surface area contributed by atoms with Gasteiger partial charge >= 0.3 is 0 Å². The topological polar surface area (TPSA) is 66.4 Å². The van der Waals surface area contributed by atoms with Crippen LogP contribution in [0.15, 0.2) is 0 Å². The van der Waals surface area contributed by atoms with Crippen LogP contribution < -0.4 is 5.32 Å². The molecule has 2 unspecified atom stereocenters. The van der Waals surface area contributed by atoms with Gasteiger partial charge in [-0.05, 0) is 13.8 Å². The van der Waals surface area contributed by atoms with Crippen LogP contribution in [0.25, 0.3) is 0 Å². The molecule has 4 nitrogen and oxygen atoms in total. The van der Waals surface area contributed by atoms with Crippen molar-refractivity contribution in [3.05, 3.63) is 0 Å². The SMILES string of the molecule is C#CC(C)(C)NC1CS(=O)(=O)CC1O. The number of sulfone groups is 1. The van der Waals surface area contributed by atoms with Crippen LogP contribution in [0.3, 0.4) is 0 Å². The van der Waals surface area contributed by atoms with Gasteiger partial charge in [-0.3, -0.25) is 5.32 Å². The molecule has 0 aliphatic carbocycles. The Hall–Kier alpha value is -0.570. The van der Waals surface area contributed by atoms with E-state index in [2.05, 4.69) is 11.2 Å². The van der Waals surface area contributed by atoms with Gasteiger partial charge < -0.3 is 5.11 Å². The van der Waals surface area contributed by atoms with Crippen LogP contribution in [-0.2, 0) is 9.84 Å². The van der Waals surface area contributed by atoms with Gasteiger partial charge in [0.25, 0.3) is 0 Å². The van der Waals surface area contributed by atoms with Crippen molar-refractivity contribution in [2.24, 2.45) is 0 Å². The molecule has 1 aliphatic rings. The Morgan fingerprint density at radius 3 is 2.43 bits per heavy atom. The fraction of sp³-hybridized carbons (Fsp3) is 0.778. The minimum Gasteiger partial charge on any atom is -0.390 e. The van der Waals surface area contributed by atoms with Gasteiger partial charge in [0.1, 0.15) is 0 Å². The van der Waals surface area contributed by atoms with Crippen molar-refractivity contribution in [2.45, 2.75) is 31.5 Å². The normalized spacial score (nSPS) is 31.3.